The monoisotopic (exact) mass is 1030 g/mol. The molecule has 2 fully saturated rings. The maximum absolute atomic E-state index is 14.0. The zero-order chi connectivity index (χ0) is 52.5. The van der Waals surface area contributed by atoms with Crippen molar-refractivity contribution in [2.24, 2.45) is 5.41 Å². The molecule has 20 nitrogen and oxygen atoms in total. The SMILES string of the molecule is CCC(=O)N1CC(n2nc(-c3ccc(Oc4ccccc4)cc3)c3c(N)ncnc32)CC1C(=O)OCCOCCOCC(=O)NC(C(=O)N1CC(O)CC1C(=O)NCc1ccc(-c2scnc2C)cc1)C(C)(C)C. The molecule has 3 aromatic heterocycles. The summed E-state index contributed by atoms with van der Waals surface area (Å²) in [6.45, 7) is 9.08. The summed E-state index contributed by atoms with van der Waals surface area (Å²) < 4.78 is 24.5. The maximum Gasteiger partial charge on any atom is 0.329 e. The third-order valence-corrected chi connectivity index (χ3v) is 13.9. The van der Waals surface area contributed by atoms with Crippen LogP contribution in [0.1, 0.15) is 64.3 Å². The van der Waals surface area contributed by atoms with Gasteiger partial charge >= 0.3 is 5.97 Å². The lowest BCUT2D eigenvalue weighted by atomic mass is 9.85. The summed E-state index contributed by atoms with van der Waals surface area (Å²) in [5.41, 5.74) is 12.1. The van der Waals surface area contributed by atoms with Gasteiger partial charge < -0.3 is 50.2 Å². The standard InChI is InChI=1S/C53H62N10O10S/c1-6-43(66)61-27-36(63-49-44(48(54)56-30-57-49)45(60-63)34-16-18-39(19-17-34)73-38-10-8-7-9-11-38)24-41(61)52(69)72-23-22-70-20-21-71-29-42(65)59-47(53(3,4)5)51(68)62-28-37(64)25-40(62)50(67)55-26-33-12-14-35(15-13-33)46-32(2)58-31-74-46/h7-19,30-31,36-37,40-41,47,64H,6,20-29H2,1-5H3,(H,55,67)(H,59,65)(H2,54,56,57). The van der Waals surface area contributed by atoms with Crippen LogP contribution in [0.2, 0.25) is 0 Å². The van der Waals surface area contributed by atoms with E-state index in [0.717, 1.165) is 27.3 Å². The number of hydrogen-bond acceptors (Lipinski definition) is 16. The number of likely N-dealkylation sites (tertiary alicyclic amines) is 2. The number of carbonyl (C=O) groups excluding carboxylic acids is 5. The Morgan fingerprint density at radius 1 is 0.838 bits per heavy atom. The molecule has 4 amide bonds. The number of amides is 4. The molecule has 5 heterocycles. The number of rotatable bonds is 20. The maximum atomic E-state index is 14.0. The van der Waals surface area contributed by atoms with Crippen molar-refractivity contribution in [1.29, 1.82) is 0 Å². The Balaban J connectivity index is 0.784. The van der Waals surface area contributed by atoms with Crippen LogP contribution in [-0.2, 0) is 44.7 Å². The minimum absolute atomic E-state index is 0.0201. The van der Waals surface area contributed by atoms with Gasteiger partial charge in [-0.3, -0.25) is 19.2 Å². The van der Waals surface area contributed by atoms with Crippen LogP contribution in [0, 0.1) is 12.3 Å². The van der Waals surface area contributed by atoms with Crippen LogP contribution >= 0.6 is 11.3 Å². The van der Waals surface area contributed by atoms with Gasteiger partial charge in [-0.25, -0.2) is 24.4 Å². The fourth-order valence-corrected chi connectivity index (χ4v) is 9.93. The minimum atomic E-state index is -1.03. The number of nitrogen functional groups attached to an aromatic ring is 1. The lowest BCUT2D eigenvalue weighted by Gasteiger charge is -2.35. The number of nitrogens with zero attached hydrogens (tertiary/aromatic N) is 7. The van der Waals surface area contributed by atoms with E-state index in [-0.39, 0.29) is 83.7 Å². The largest absolute Gasteiger partial charge is 0.462 e. The Labute approximate surface area is 432 Å². The van der Waals surface area contributed by atoms with Gasteiger partial charge in [0.05, 0.1) is 53.4 Å². The predicted molar refractivity (Wildman–Crippen MR) is 275 cm³/mol. The van der Waals surface area contributed by atoms with E-state index < -0.39 is 59.4 Å². The average molecular weight is 1030 g/mol. The minimum Gasteiger partial charge on any atom is -0.462 e. The number of thiazole rings is 1. The van der Waals surface area contributed by atoms with Crippen LogP contribution in [0.25, 0.3) is 32.7 Å². The number of aliphatic hydroxyl groups is 1. The zero-order valence-electron chi connectivity index (χ0n) is 42.1. The van der Waals surface area contributed by atoms with Crippen molar-refractivity contribution in [3.05, 3.63) is 102 Å². The number of aliphatic hydroxyl groups excluding tert-OH is 1. The van der Waals surface area contributed by atoms with Gasteiger partial charge in [0.25, 0.3) is 0 Å². The molecule has 2 aliphatic rings. The average Bonchev–Trinajstić information content (AvgIpc) is 4.21. The summed E-state index contributed by atoms with van der Waals surface area (Å²) in [4.78, 5) is 84.4. The molecule has 21 heteroatoms. The molecule has 390 valence electrons. The first-order valence-electron chi connectivity index (χ1n) is 24.6. The molecule has 5 N–H and O–H groups in total. The molecule has 0 aliphatic carbocycles. The molecule has 2 aliphatic heterocycles. The number of hydrogen-bond donors (Lipinski definition) is 4. The smallest absolute Gasteiger partial charge is 0.329 e. The van der Waals surface area contributed by atoms with E-state index in [9.17, 15) is 29.1 Å². The first-order valence-corrected chi connectivity index (χ1v) is 25.5. The van der Waals surface area contributed by atoms with Crippen LogP contribution in [-0.4, -0.2) is 140 Å². The Morgan fingerprint density at radius 2 is 1.54 bits per heavy atom. The highest BCUT2D eigenvalue weighted by Gasteiger charge is 2.45. The van der Waals surface area contributed by atoms with Gasteiger partial charge in [0.1, 0.15) is 60.7 Å². The molecule has 74 heavy (non-hydrogen) atoms. The first kappa shape index (κ1) is 53.0. The van der Waals surface area contributed by atoms with E-state index >= 15 is 0 Å². The number of fused-ring (bicyclic) bond motifs is 1. The number of nitrogens with one attached hydrogen (secondary N) is 2. The second-order valence-corrected chi connectivity index (χ2v) is 20.1. The Morgan fingerprint density at radius 3 is 2.24 bits per heavy atom. The zero-order valence-corrected chi connectivity index (χ0v) is 42.9. The van der Waals surface area contributed by atoms with Crippen molar-refractivity contribution in [2.75, 3.05) is 51.9 Å². The Bertz CT molecular complexity index is 2930. The van der Waals surface area contributed by atoms with Crippen LogP contribution in [0.15, 0.2) is 90.7 Å². The molecule has 0 bridgehead atoms. The summed E-state index contributed by atoms with van der Waals surface area (Å²) in [5.74, 6) is -0.680. The Hall–Kier alpha value is -7.33. The summed E-state index contributed by atoms with van der Waals surface area (Å²) in [7, 11) is 0. The quantitative estimate of drug-likeness (QED) is 0.0564. The summed E-state index contributed by atoms with van der Waals surface area (Å²) in [6, 6.07) is 21.4. The van der Waals surface area contributed by atoms with Crippen molar-refractivity contribution in [1.82, 2.24) is 45.2 Å². The molecule has 0 saturated carbocycles. The fourth-order valence-electron chi connectivity index (χ4n) is 9.12. The summed E-state index contributed by atoms with van der Waals surface area (Å²) >= 11 is 1.56. The number of ether oxygens (including phenoxy) is 4. The predicted octanol–water partition coefficient (Wildman–Crippen LogP) is 5.24. The van der Waals surface area contributed by atoms with Crippen LogP contribution < -0.4 is 21.1 Å². The lowest BCUT2D eigenvalue weighted by Crippen LogP contribution is -2.58. The molecular formula is C53H62N10O10S. The van der Waals surface area contributed by atoms with Crippen LogP contribution in [0.5, 0.6) is 11.5 Å². The van der Waals surface area contributed by atoms with E-state index in [1.807, 2.05) is 85.8 Å². The van der Waals surface area contributed by atoms with Crippen molar-refractivity contribution in [3.8, 4) is 33.2 Å². The highest BCUT2D eigenvalue weighted by atomic mass is 32.1. The normalized spacial score (nSPS) is 18.1. The van der Waals surface area contributed by atoms with Gasteiger partial charge in [-0.2, -0.15) is 5.10 Å². The van der Waals surface area contributed by atoms with Crippen LogP contribution in [0.4, 0.5) is 5.82 Å². The number of aromatic nitrogens is 5. The van der Waals surface area contributed by atoms with E-state index in [0.29, 0.717) is 28.2 Å². The molecular weight excluding hydrogens is 969 g/mol. The number of β-amino-alcohol motifs (C(OH)–C–C–N with tert-alkyl or cyclic N) is 1. The van der Waals surface area contributed by atoms with Crippen molar-refractivity contribution < 1.29 is 48.0 Å². The van der Waals surface area contributed by atoms with Gasteiger partial charge in [-0.15, -0.1) is 11.3 Å². The topological polar surface area (TPSA) is 256 Å². The van der Waals surface area contributed by atoms with E-state index in [1.54, 1.807) is 49.2 Å². The number of anilines is 1. The molecule has 3 aromatic carbocycles. The third-order valence-electron chi connectivity index (χ3n) is 12.9. The highest BCUT2D eigenvalue weighted by Crippen LogP contribution is 2.37. The number of para-hydroxylation sites is 1. The molecule has 5 atom stereocenters. The molecule has 8 rings (SSSR count). The van der Waals surface area contributed by atoms with E-state index in [1.165, 1.54) is 16.1 Å². The second-order valence-electron chi connectivity index (χ2n) is 19.3. The van der Waals surface area contributed by atoms with Gasteiger partial charge in [0.15, 0.2) is 5.65 Å². The highest BCUT2D eigenvalue weighted by molar-refractivity contribution is 7.13. The van der Waals surface area contributed by atoms with E-state index in [4.69, 9.17) is 29.8 Å². The number of carbonyl (C=O) groups is 5. The summed E-state index contributed by atoms with van der Waals surface area (Å²) in [5, 5.41) is 21.8. The van der Waals surface area contributed by atoms with Gasteiger partial charge in [0.2, 0.25) is 23.6 Å². The molecule has 5 unspecified atom stereocenters. The second kappa shape index (κ2) is 23.7. The van der Waals surface area contributed by atoms with Crippen molar-refractivity contribution in [2.45, 2.75) is 90.7 Å². The van der Waals surface area contributed by atoms with Gasteiger partial charge in [-0.1, -0.05) is 70.2 Å². The number of esters is 1. The number of aryl methyl sites for hydroxylation is 1. The molecule has 0 spiro atoms. The van der Waals surface area contributed by atoms with Gasteiger partial charge in [0, 0.05) is 44.5 Å². The van der Waals surface area contributed by atoms with Crippen molar-refractivity contribution in [3.63, 3.8) is 0 Å². The van der Waals surface area contributed by atoms with Crippen LogP contribution in [0.3, 0.4) is 0 Å². The van der Waals surface area contributed by atoms with Gasteiger partial charge in [-0.05, 0) is 59.9 Å². The third kappa shape index (κ3) is 12.5. The summed E-state index contributed by atoms with van der Waals surface area (Å²) in [6.07, 6.45) is 0.900. The molecule has 0 radical (unpaired) electrons. The Kier molecular flexibility index (Phi) is 17.0. The number of nitrogens with two attached hydrogens (primary N) is 1. The number of benzene rings is 3. The lowest BCUT2D eigenvalue weighted by molar-refractivity contribution is -0.154. The van der Waals surface area contributed by atoms with Crippen molar-refractivity contribution >= 4 is 57.8 Å². The molecule has 6 aromatic rings. The van der Waals surface area contributed by atoms with E-state index in [2.05, 4.69) is 25.6 Å². The molecule has 2 saturated heterocycles. The first-order chi connectivity index (χ1) is 35.6. The fraction of sp³-hybridized carbons (Fsp3) is 0.415.